The van der Waals surface area contributed by atoms with Gasteiger partial charge in [0.25, 0.3) is 5.19 Å². The molecule has 6 nitrogen and oxygen atoms in total. The van der Waals surface area contributed by atoms with Gasteiger partial charge in [-0.05, 0) is 42.5 Å². The molecule has 2 rings (SSSR count). The van der Waals surface area contributed by atoms with Crippen molar-refractivity contribution in [3.05, 3.63) is 29.3 Å². The molecule has 1 aromatic heterocycles. The molecule has 1 heterocycles. The molecular formula is C13H15ClN4O2S. The van der Waals surface area contributed by atoms with Crippen LogP contribution in [-0.4, -0.2) is 36.3 Å². The Hall–Kier alpha value is -1.86. The lowest BCUT2D eigenvalue weighted by molar-refractivity contribution is -0.114. The van der Waals surface area contributed by atoms with E-state index in [9.17, 15) is 4.79 Å². The van der Waals surface area contributed by atoms with Crippen LogP contribution in [0, 0.1) is 0 Å². The zero-order valence-electron chi connectivity index (χ0n) is 11.7. The summed E-state index contributed by atoms with van der Waals surface area (Å²) in [5.74, 6) is -0.174. The minimum absolute atomic E-state index is 0.174. The van der Waals surface area contributed by atoms with Gasteiger partial charge in [-0.2, -0.15) is 0 Å². The van der Waals surface area contributed by atoms with Gasteiger partial charge < -0.3 is 9.64 Å². The quantitative estimate of drug-likeness (QED) is 0.884. The fraction of sp³-hybridized carbons (Fsp3) is 0.308. The molecule has 0 atom stereocenters. The standard InChI is InChI=1S/C13H15ClN4O2S/c1-3-20-13-17-16-12(21-13)15-11(19)8-18(2)10-6-4-9(14)5-7-10/h4-7H,3,8H2,1-2H3,(H,15,16,19). The molecule has 0 spiro atoms. The summed E-state index contributed by atoms with van der Waals surface area (Å²) in [6.07, 6.45) is 0. The number of carbonyl (C=O) groups excluding carboxylic acids is 1. The van der Waals surface area contributed by atoms with Crippen molar-refractivity contribution < 1.29 is 9.53 Å². The fourth-order valence-electron chi connectivity index (χ4n) is 1.60. The third-order valence-electron chi connectivity index (χ3n) is 2.57. The summed E-state index contributed by atoms with van der Waals surface area (Å²) in [7, 11) is 1.83. The zero-order valence-corrected chi connectivity index (χ0v) is 13.2. The first kappa shape index (κ1) is 15.5. The maximum absolute atomic E-state index is 11.9. The van der Waals surface area contributed by atoms with Gasteiger partial charge in [0.15, 0.2) is 0 Å². The molecule has 8 heteroatoms. The van der Waals surface area contributed by atoms with Gasteiger partial charge in [0.2, 0.25) is 11.0 Å². The lowest BCUT2D eigenvalue weighted by Gasteiger charge is -2.18. The first-order valence-electron chi connectivity index (χ1n) is 6.31. The summed E-state index contributed by atoms with van der Waals surface area (Å²) in [5, 5.41) is 11.9. The number of likely N-dealkylation sites (N-methyl/N-ethyl adjacent to an activating group) is 1. The topological polar surface area (TPSA) is 67.4 Å². The number of halogens is 1. The van der Waals surface area contributed by atoms with Crippen LogP contribution in [0.15, 0.2) is 24.3 Å². The number of anilines is 2. The van der Waals surface area contributed by atoms with Gasteiger partial charge in [-0.25, -0.2) is 0 Å². The normalized spacial score (nSPS) is 10.2. The number of benzene rings is 1. The Kier molecular flexibility index (Phi) is 5.35. The van der Waals surface area contributed by atoms with Gasteiger partial charge >= 0.3 is 0 Å². The van der Waals surface area contributed by atoms with Crippen molar-refractivity contribution in [1.29, 1.82) is 0 Å². The SMILES string of the molecule is CCOc1nnc(NC(=O)CN(C)c2ccc(Cl)cc2)s1. The summed E-state index contributed by atoms with van der Waals surface area (Å²) < 4.78 is 5.20. The lowest BCUT2D eigenvalue weighted by Crippen LogP contribution is -2.29. The lowest BCUT2D eigenvalue weighted by atomic mass is 10.3. The highest BCUT2D eigenvalue weighted by Gasteiger charge is 2.11. The van der Waals surface area contributed by atoms with Crippen LogP contribution in [0.4, 0.5) is 10.8 Å². The van der Waals surface area contributed by atoms with Crippen molar-refractivity contribution in [3.8, 4) is 5.19 Å². The average Bonchev–Trinajstić information content (AvgIpc) is 2.87. The van der Waals surface area contributed by atoms with Crippen LogP contribution < -0.4 is 15.0 Å². The zero-order chi connectivity index (χ0) is 15.2. The van der Waals surface area contributed by atoms with Gasteiger partial charge in [-0.15, -0.1) is 5.10 Å². The smallest absolute Gasteiger partial charge is 0.295 e. The molecule has 0 bridgehead atoms. The van der Waals surface area contributed by atoms with E-state index in [-0.39, 0.29) is 12.5 Å². The molecule has 112 valence electrons. The Morgan fingerprint density at radius 1 is 1.38 bits per heavy atom. The Balaban J connectivity index is 1.89. The minimum atomic E-state index is -0.174. The second kappa shape index (κ2) is 7.24. The van der Waals surface area contributed by atoms with Crippen LogP contribution in [-0.2, 0) is 4.79 Å². The number of nitrogens with one attached hydrogen (secondary N) is 1. The highest BCUT2D eigenvalue weighted by atomic mass is 35.5. The Labute approximate surface area is 131 Å². The maximum Gasteiger partial charge on any atom is 0.295 e. The number of aromatic nitrogens is 2. The van der Waals surface area contributed by atoms with Crippen molar-refractivity contribution in [3.63, 3.8) is 0 Å². The van der Waals surface area contributed by atoms with Gasteiger partial charge in [0.1, 0.15) is 0 Å². The number of ether oxygens (including phenoxy) is 1. The number of nitrogens with zero attached hydrogens (tertiary/aromatic N) is 3. The number of hydrogen-bond donors (Lipinski definition) is 1. The van der Waals surface area contributed by atoms with E-state index in [1.54, 1.807) is 12.1 Å². The highest BCUT2D eigenvalue weighted by molar-refractivity contribution is 7.17. The summed E-state index contributed by atoms with van der Waals surface area (Å²) in [4.78, 5) is 13.8. The molecule has 0 fully saturated rings. The molecule has 1 N–H and O–H groups in total. The predicted octanol–water partition coefficient (Wildman–Crippen LogP) is 2.67. The highest BCUT2D eigenvalue weighted by Crippen LogP contribution is 2.22. The van der Waals surface area contributed by atoms with E-state index in [0.29, 0.717) is 22.0 Å². The van der Waals surface area contributed by atoms with Crippen LogP contribution >= 0.6 is 22.9 Å². The molecule has 0 unspecified atom stereocenters. The minimum Gasteiger partial charge on any atom is -0.469 e. The van der Waals surface area contributed by atoms with Gasteiger partial charge in [-0.1, -0.05) is 16.7 Å². The van der Waals surface area contributed by atoms with Crippen LogP contribution in [0.5, 0.6) is 5.19 Å². The molecule has 0 aliphatic rings. The predicted molar refractivity (Wildman–Crippen MR) is 84.4 cm³/mol. The summed E-state index contributed by atoms with van der Waals surface area (Å²) in [6, 6.07) is 7.27. The van der Waals surface area contributed by atoms with Gasteiger partial charge in [0.05, 0.1) is 13.2 Å². The third kappa shape index (κ3) is 4.57. The van der Waals surface area contributed by atoms with E-state index in [2.05, 4.69) is 15.5 Å². The van der Waals surface area contributed by atoms with Crippen molar-refractivity contribution in [2.24, 2.45) is 0 Å². The van der Waals surface area contributed by atoms with E-state index >= 15 is 0 Å². The largest absolute Gasteiger partial charge is 0.469 e. The molecule has 0 radical (unpaired) electrons. The second-order valence-corrected chi connectivity index (χ2v) is 5.56. The molecule has 1 aromatic carbocycles. The summed E-state index contributed by atoms with van der Waals surface area (Å²) >= 11 is 7.03. The number of carbonyl (C=O) groups is 1. The first-order chi connectivity index (χ1) is 10.1. The van der Waals surface area contributed by atoms with Crippen LogP contribution in [0.2, 0.25) is 5.02 Å². The monoisotopic (exact) mass is 326 g/mol. The van der Waals surface area contributed by atoms with Gasteiger partial charge in [-0.3, -0.25) is 10.1 Å². The molecule has 0 aliphatic carbocycles. The Morgan fingerprint density at radius 3 is 2.76 bits per heavy atom. The fourth-order valence-corrected chi connectivity index (χ4v) is 2.40. The number of amides is 1. The number of rotatable bonds is 6. The van der Waals surface area contributed by atoms with Crippen LogP contribution in [0.3, 0.4) is 0 Å². The molecule has 0 saturated carbocycles. The van der Waals surface area contributed by atoms with E-state index < -0.39 is 0 Å². The Morgan fingerprint density at radius 2 is 2.10 bits per heavy atom. The molecule has 1 amide bonds. The van der Waals surface area contributed by atoms with Crippen molar-refractivity contribution in [2.45, 2.75) is 6.92 Å². The van der Waals surface area contributed by atoms with Crippen molar-refractivity contribution in [2.75, 3.05) is 30.4 Å². The molecule has 0 aliphatic heterocycles. The van der Waals surface area contributed by atoms with Crippen LogP contribution in [0.25, 0.3) is 0 Å². The van der Waals surface area contributed by atoms with Crippen molar-refractivity contribution >= 4 is 39.7 Å². The van der Waals surface area contributed by atoms with E-state index in [1.165, 1.54) is 11.3 Å². The molecular weight excluding hydrogens is 312 g/mol. The van der Waals surface area contributed by atoms with Crippen LogP contribution in [0.1, 0.15) is 6.92 Å². The number of hydrogen-bond acceptors (Lipinski definition) is 6. The molecule has 0 saturated heterocycles. The molecule has 21 heavy (non-hydrogen) atoms. The maximum atomic E-state index is 11.9. The third-order valence-corrected chi connectivity index (χ3v) is 3.57. The summed E-state index contributed by atoms with van der Waals surface area (Å²) in [6.45, 7) is 2.58. The second-order valence-electron chi connectivity index (χ2n) is 4.19. The summed E-state index contributed by atoms with van der Waals surface area (Å²) in [5.41, 5.74) is 0.904. The van der Waals surface area contributed by atoms with E-state index in [1.807, 2.05) is 31.0 Å². The van der Waals surface area contributed by atoms with Crippen molar-refractivity contribution in [1.82, 2.24) is 10.2 Å². The average molecular weight is 327 g/mol. The first-order valence-corrected chi connectivity index (χ1v) is 7.50. The van der Waals surface area contributed by atoms with E-state index in [0.717, 1.165) is 5.69 Å². The Bertz CT molecular complexity index is 602. The molecule has 2 aromatic rings. The van der Waals surface area contributed by atoms with E-state index in [4.69, 9.17) is 16.3 Å². The van der Waals surface area contributed by atoms with Gasteiger partial charge in [0, 0.05) is 17.8 Å².